The van der Waals surface area contributed by atoms with Gasteiger partial charge in [0, 0.05) is 19.6 Å². The Balaban J connectivity index is 1.56. The van der Waals surface area contributed by atoms with Gasteiger partial charge in [0.1, 0.15) is 5.75 Å². The van der Waals surface area contributed by atoms with Crippen LogP contribution in [0, 0.1) is 11.8 Å². The Kier molecular flexibility index (Phi) is 4.62. The van der Waals surface area contributed by atoms with E-state index in [1.807, 2.05) is 13.0 Å². The number of hydrogen-bond acceptors (Lipinski definition) is 4. The van der Waals surface area contributed by atoms with Crippen molar-refractivity contribution in [3.05, 3.63) is 28.8 Å². The number of halogens is 1. The van der Waals surface area contributed by atoms with E-state index >= 15 is 0 Å². The number of carbonyl (C=O) groups is 3. The molecule has 1 aromatic carbocycles. The molecule has 0 unspecified atom stereocenters. The van der Waals surface area contributed by atoms with Crippen LogP contribution in [0.1, 0.15) is 12.5 Å². The van der Waals surface area contributed by atoms with Crippen molar-refractivity contribution in [1.29, 1.82) is 0 Å². The third-order valence-corrected chi connectivity index (χ3v) is 4.56. The molecule has 2 saturated heterocycles. The minimum atomic E-state index is -0.428. The minimum absolute atomic E-state index is 0.262. The molecule has 2 heterocycles. The first-order valence-corrected chi connectivity index (χ1v) is 8.16. The second kappa shape index (κ2) is 6.68. The SMILES string of the molecule is CCOc1ccc(CNC(=O)N2C[C@@H]3C(=O)NC(=O)[C@@H]3C2)cc1Cl. The highest BCUT2D eigenvalue weighted by atomic mass is 35.5. The van der Waals surface area contributed by atoms with Gasteiger partial charge in [0.15, 0.2) is 0 Å². The van der Waals surface area contributed by atoms with Crippen LogP contribution in [-0.4, -0.2) is 42.4 Å². The highest BCUT2D eigenvalue weighted by Crippen LogP contribution is 2.28. The van der Waals surface area contributed by atoms with Crippen LogP contribution in [0.4, 0.5) is 4.79 Å². The van der Waals surface area contributed by atoms with Gasteiger partial charge in [-0.3, -0.25) is 14.9 Å². The van der Waals surface area contributed by atoms with E-state index in [2.05, 4.69) is 10.6 Å². The third kappa shape index (κ3) is 3.17. The first-order chi connectivity index (χ1) is 11.5. The molecule has 4 amide bonds. The first kappa shape index (κ1) is 16.6. The zero-order valence-corrected chi connectivity index (χ0v) is 13.9. The Hall–Kier alpha value is -2.28. The van der Waals surface area contributed by atoms with Crippen LogP contribution in [-0.2, 0) is 16.1 Å². The summed E-state index contributed by atoms with van der Waals surface area (Å²) in [4.78, 5) is 37.0. The molecule has 7 nitrogen and oxygen atoms in total. The number of rotatable bonds is 4. The molecule has 2 N–H and O–H groups in total. The van der Waals surface area contributed by atoms with Gasteiger partial charge in [0.2, 0.25) is 11.8 Å². The van der Waals surface area contributed by atoms with Crippen molar-refractivity contribution < 1.29 is 19.1 Å². The monoisotopic (exact) mass is 351 g/mol. The van der Waals surface area contributed by atoms with Crippen molar-refractivity contribution in [3.8, 4) is 5.75 Å². The van der Waals surface area contributed by atoms with Gasteiger partial charge in [0.25, 0.3) is 0 Å². The normalized spacial score (nSPS) is 22.3. The Bertz CT molecular complexity index is 672. The number of urea groups is 1. The zero-order chi connectivity index (χ0) is 17.3. The fourth-order valence-electron chi connectivity index (χ4n) is 3.02. The second-order valence-electron chi connectivity index (χ2n) is 5.83. The largest absolute Gasteiger partial charge is 0.492 e. The van der Waals surface area contributed by atoms with Crippen molar-refractivity contribution in [1.82, 2.24) is 15.5 Å². The Labute approximate surface area is 144 Å². The average molecular weight is 352 g/mol. The molecule has 3 rings (SSSR count). The zero-order valence-electron chi connectivity index (χ0n) is 13.2. The molecule has 24 heavy (non-hydrogen) atoms. The molecule has 0 radical (unpaired) electrons. The lowest BCUT2D eigenvalue weighted by atomic mass is 10.00. The van der Waals surface area contributed by atoms with E-state index in [-0.39, 0.29) is 30.9 Å². The van der Waals surface area contributed by atoms with Crippen LogP contribution in [0.3, 0.4) is 0 Å². The van der Waals surface area contributed by atoms with Gasteiger partial charge in [-0.25, -0.2) is 4.79 Å². The van der Waals surface area contributed by atoms with Crippen LogP contribution in [0.25, 0.3) is 0 Å². The van der Waals surface area contributed by atoms with Gasteiger partial charge in [-0.2, -0.15) is 0 Å². The van der Waals surface area contributed by atoms with E-state index in [1.54, 1.807) is 12.1 Å². The number of nitrogens with zero attached hydrogens (tertiary/aromatic N) is 1. The second-order valence-corrected chi connectivity index (χ2v) is 6.24. The van der Waals surface area contributed by atoms with Crippen molar-refractivity contribution in [2.24, 2.45) is 11.8 Å². The fourth-order valence-corrected chi connectivity index (χ4v) is 3.28. The highest BCUT2D eigenvalue weighted by molar-refractivity contribution is 6.32. The molecule has 2 aliphatic rings. The molecule has 2 fully saturated rings. The first-order valence-electron chi connectivity index (χ1n) is 7.78. The summed E-state index contributed by atoms with van der Waals surface area (Å²) in [7, 11) is 0. The molecule has 0 saturated carbocycles. The maximum Gasteiger partial charge on any atom is 0.317 e. The van der Waals surface area contributed by atoms with Gasteiger partial charge in [-0.15, -0.1) is 0 Å². The Morgan fingerprint density at radius 2 is 2.00 bits per heavy atom. The van der Waals surface area contributed by atoms with E-state index < -0.39 is 11.8 Å². The van der Waals surface area contributed by atoms with Crippen LogP contribution < -0.4 is 15.4 Å². The van der Waals surface area contributed by atoms with Crippen molar-refractivity contribution in [3.63, 3.8) is 0 Å². The number of imide groups is 1. The molecule has 0 aromatic heterocycles. The molecular weight excluding hydrogens is 334 g/mol. The van der Waals surface area contributed by atoms with Gasteiger partial charge in [-0.05, 0) is 24.6 Å². The summed E-state index contributed by atoms with van der Waals surface area (Å²) in [6.07, 6.45) is 0. The van der Waals surface area contributed by atoms with E-state index in [9.17, 15) is 14.4 Å². The summed E-state index contributed by atoms with van der Waals surface area (Å²) in [6, 6.07) is 5.03. The smallest absolute Gasteiger partial charge is 0.317 e. The lowest BCUT2D eigenvalue weighted by Gasteiger charge is -2.18. The number of likely N-dealkylation sites (tertiary alicyclic amines) is 1. The maximum atomic E-state index is 12.2. The van der Waals surface area contributed by atoms with Crippen molar-refractivity contribution in [2.45, 2.75) is 13.5 Å². The molecule has 0 aliphatic carbocycles. The van der Waals surface area contributed by atoms with Gasteiger partial charge in [-0.1, -0.05) is 17.7 Å². The number of hydrogen-bond donors (Lipinski definition) is 2. The van der Waals surface area contributed by atoms with Gasteiger partial charge >= 0.3 is 6.03 Å². The van der Waals surface area contributed by atoms with Crippen LogP contribution in [0.15, 0.2) is 18.2 Å². The highest BCUT2D eigenvalue weighted by Gasteiger charge is 2.48. The number of nitrogens with one attached hydrogen (secondary N) is 2. The van der Waals surface area contributed by atoms with E-state index in [0.29, 0.717) is 23.9 Å². The fraction of sp³-hybridized carbons (Fsp3) is 0.438. The summed E-state index contributed by atoms with van der Waals surface area (Å²) in [5.74, 6) is -0.838. The average Bonchev–Trinajstić information content (AvgIpc) is 3.10. The Morgan fingerprint density at radius 3 is 2.58 bits per heavy atom. The lowest BCUT2D eigenvalue weighted by molar-refractivity contribution is -0.126. The van der Waals surface area contributed by atoms with Crippen molar-refractivity contribution >= 4 is 29.4 Å². The predicted octanol–water partition coefficient (Wildman–Crippen LogP) is 1.15. The number of amides is 4. The number of carbonyl (C=O) groups excluding carboxylic acids is 3. The molecule has 1 aromatic rings. The molecule has 128 valence electrons. The molecular formula is C16H18ClN3O4. The van der Waals surface area contributed by atoms with E-state index in [4.69, 9.17) is 16.3 Å². The summed E-state index contributed by atoms with van der Waals surface area (Å²) in [6.45, 7) is 3.23. The quantitative estimate of drug-likeness (QED) is 0.797. The maximum absolute atomic E-state index is 12.2. The number of ether oxygens (including phenoxy) is 1. The number of fused-ring (bicyclic) bond motifs is 1. The summed E-state index contributed by atoms with van der Waals surface area (Å²) >= 11 is 6.12. The summed E-state index contributed by atoms with van der Waals surface area (Å²) in [5, 5.41) is 5.57. The third-order valence-electron chi connectivity index (χ3n) is 4.27. The van der Waals surface area contributed by atoms with Crippen LogP contribution in [0.5, 0.6) is 5.75 Å². The van der Waals surface area contributed by atoms with Crippen LogP contribution >= 0.6 is 11.6 Å². The van der Waals surface area contributed by atoms with E-state index in [1.165, 1.54) is 4.90 Å². The van der Waals surface area contributed by atoms with E-state index in [0.717, 1.165) is 5.56 Å². The molecule has 0 bridgehead atoms. The van der Waals surface area contributed by atoms with Crippen molar-refractivity contribution in [2.75, 3.05) is 19.7 Å². The molecule has 0 spiro atoms. The summed E-state index contributed by atoms with van der Waals surface area (Å²) < 4.78 is 5.36. The van der Waals surface area contributed by atoms with Gasteiger partial charge in [0.05, 0.1) is 23.5 Å². The molecule has 2 atom stereocenters. The minimum Gasteiger partial charge on any atom is -0.492 e. The molecule has 2 aliphatic heterocycles. The van der Waals surface area contributed by atoms with Gasteiger partial charge < -0.3 is 15.0 Å². The predicted molar refractivity (Wildman–Crippen MR) is 86.6 cm³/mol. The lowest BCUT2D eigenvalue weighted by Crippen LogP contribution is -2.41. The standard InChI is InChI=1S/C16H18ClN3O4/c1-2-24-13-4-3-9(5-12(13)17)6-18-16(23)20-7-10-11(8-20)15(22)19-14(10)21/h3-5,10-11H,2,6-8H2,1H3,(H,18,23)(H,19,21,22)/t10-,11+. The summed E-state index contributed by atoms with van der Waals surface area (Å²) in [5.41, 5.74) is 0.838. The Morgan fingerprint density at radius 1 is 1.33 bits per heavy atom. The molecule has 8 heteroatoms. The topological polar surface area (TPSA) is 87.7 Å². The van der Waals surface area contributed by atoms with Crippen LogP contribution in [0.2, 0.25) is 5.02 Å². The number of benzene rings is 1.